The number of hydrogen-bond acceptors (Lipinski definition) is 1. The fourth-order valence-corrected chi connectivity index (χ4v) is 6.24. The zero-order valence-corrected chi connectivity index (χ0v) is 15.4. The molecular formula is C16H23BrCl2O. The van der Waals surface area contributed by atoms with Gasteiger partial charge in [-0.15, -0.1) is 23.2 Å². The molecule has 2 aliphatic carbocycles. The molecule has 0 bridgehead atoms. The van der Waals surface area contributed by atoms with E-state index in [-0.39, 0.29) is 32.3 Å². The summed E-state index contributed by atoms with van der Waals surface area (Å²) in [5, 5.41) is -0.0908. The maximum Gasteiger partial charge on any atom is 0.120 e. The molecule has 2 fully saturated rings. The summed E-state index contributed by atoms with van der Waals surface area (Å²) in [6.45, 7) is 10.9. The lowest BCUT2D eigenvalue weighted by Crippen LogP contribution is -2.58. The molecule has 0 N–H and O–H groups in total. The SMILES string of the molecule is C=C1[C@H](Br)C[C@H]2C(C)(C)[C@H](Cl)[C@@H](Cl)C[C@]2(C)[C@H]1CC=O. The molecule has 20 heavy (non-hydrogen) atoms. The smallest absolute Gasteiger partial charge is 0.120 e. The average molecular weight is 382 g/mol. The van der Waals surface area contributed by atoms with Gasteiger partial charge in [-0.25, -0.2) is 0 Å². The monoisotopic (exact) mass is 380 g/mol. The van der Waals surface area contributed by atoms with Crippen LogP contribution in [-0.2, 0) is 4.79 Å². The molecule has 0 amide bonds. The van der Waals surface area contributed by atoms with Crippen LogP contribution in [-0.4, -0.2) is 21.9 Å². The van der Waals surface area contributed by atoms with Gasteiger partial charge in [0.15, 0.2) is 0 Å². The molecule has 0 aliphatic heterocycles. The van der Waals surface area contributed by atoms with Crippen LogP contribution in [0.3, 0.4) is 0 Å². The number of carbonyl (C=O) groups is 1. The number of aldehydes is 1. The Balaban J connectivity index is 2.47. The second-order valence-electron chi connectivity index (χ2n) is 7.23. The lowest BCUT2D eigenvalue weighted by atomic mass is 9.47. The lowest BCUT2D eigenvalue weighted by Gasteiger charge is -2.61. The molecule has 2 aliphatic rings. The Kier molecular flexibility index (Phi) is 4.71. The van der Waals surface area contributed by atoms with E-state index in [1.54, 1.807) is 0 Å². The maximum atomic E-state index is 11.1. The molecule has 2 saturated carbocycles. The predicted octanol–water partition coefficient (Wildman–Crippen LogP) is 5.18. The van der Waals surface area contributed by atoms with Gasteiger partial charge in [0.05, 0.1) is 10.8 Å². The summed E-state index contributed by atoms with van der Waals surface area (Å²) in [5.74, 6) is 0.625. The molecule has 0 spiro atoms. The van der Waals surface area contributed by atoms with Crippen LogP contribution in [0, 0.1) is 22.7 Å². The van der Waals surface area contributed by atoms with E-state index in [2.05, 4.69) is 43.3 Å². The van der Waals surface area contributed by atoms with Crippen LogP contribution in [0.4, 0.5) is 0 Å². The minimum Gasteiger partial charge on any atom is -0.303 e. The third kappa shape index (κ3) is 2.40. The van der Waals surface area contributed by atoms with Gasteiger partial charge in [0, 0.05) is 11.2 Å². The van der Waals surface area contributed by atoms with Crippen LogP contribution >= 0.6 is 39.1 Å². The highest BCUT2D eigenvalue weighted by Gasteiger charge is 2.59. The standard InChI is InChI=1S/C16H23BrCl2O/c1-9-10(5-6-20)16(4)8-12(18)14(19)15(2,3)13(16)7-11(9)17/h6,10-14H,1,5,7-8H2,2-4H3/t10-,11+,12-,13-,14+,16+/m0/s1. The summed E-state index contributed by atoms with van der Waals surface area (Å²) in [5.41, 5.74) is 1.10. The minimum atomic E-state index is -0.0539. The Labute approximate surface area is 140 Å². The zero-order valence-electron chi connectivity index (χ0n) is 12.3. The number of halogens is 3. The zero-order chi connectivity index (χ0) is 15.3. The van der Waals surface area contributed by atoms with Crippen molar-refractivity contribution in [2.45, 2.75) is 55.6 Å². The predicted molar refractivity (Wildman–Crippen MR) is 89.9 cm³/mol. The third-order valence-electron chi connectivity index (χ3n) is 5.78. The van der Waals surface area contributed by atoms with Crippen molar-refractivity contribution in [1.82, 2.24) is 0 Å². The molecule has 0 unspecified atom stereocenters. The number of hydrogen-bond donors (Lipinski definition) is 0. The first-order valence-electron chi connectivity index (χ1n) is 7.20. The van der Waals surface area contributed by atoms with Crippen molar-refractivity contribution in [3.8, 4) is 0 Å². The van der Waals surface area contributed by atoms with Gasteiger partial charge >= 0.3 is 0 Å². The van der Waals surface area contributed by atoms with Gasteiger partial charge in [-0.3, -0.25) is 0 Å². The topological polar surface area (TPSA) is 17.1 Å². The van der Waals surface area contributed by atoms with Crippen LogP contribution in [0.5, 0.6) is 0 Å². The normalized spacial score (nSPS) is 47.7. The molecule has 4 heteroatoms. The van der Waals surface area contributed by atoms with Gasteiger partial charge in [0.2, 0.25) is 0 Å². The summed E-state index contributed by atoms with van der Waals surface area (Å²) >= 11 is 16.9. The van der Waals surface area contributed by atoms with E-state index >= 15 is 0 Å². The summed E-state index contributed by atoms with van der Waals surface area (Å²) in [6.07, 6.45) is 3.42. The quantitative estimate of drug-likeness (QED) is 0.365. The van der Waals surface area contributed by atoms with Crippen molar-refractivity contribution in [3.63, 3.8) is 0 Å². The van der Waals surface area contributed by atoms with Crippen LogP contribution < -0.4 is 0 Å². The van der Waals surface area contributed by atoms with Gasteiger partial charge < -0.3 is 4.79 Å². The molecule has 0 heterocycles. The molecule has 0 saturated heterocycles. The molecule has 114 valence electrons. The van der Waals surface area contributed by atoms with E-state index in [4.69, 9.17) is 23.2 Å². The van der Waals surface area contributed by atoms with Gasteiger partial charge in [0.1, 0.15) is 6.29 Å². The van der Waals surface area contributed by atoms with Gasteiger partial charge in [-0.1, -0.05) is 48.9 Å². The number of allylic oxidation sites excluding steroid dienone is 1. The summed E-state index contributed by atoms with van der Waals surface area (Å²) in [6, 6.07) is 0. The lowest BCUT2D eigenvalue weighted by molar-refractivity contribution is -0.111. The van der Waals surface area contributed by atoms with E-state index < -0.39 is 0 Å². The highest BCUT2D eigenvalue weighted by molar-refractivity contribution is 9.09. The van der Waals surface area contributed by atoms with E-state index in [1.807, 2.05) is 0 Å². The largest absolute Gasteiger partial charge is 0.303 e. The molecule has 0 aromatic heterocycles. The second-order valence-corrected chi connectivity index (χ2v) is 9.37. The Morgan fingerprint density at radius 2 is 2.00 bits per heavy atom. The first-order valence-corrected chi connectivity index (χ1v) is 8.99. The van der Waals surface area contributed by atoms with Crippen molar-refractivity contribution < 1.29 is 4.79 Å². The molecule has 2 rings (SSSR count). The van der Waals surface area contributed by atoms with E-state index in [1.165, 1.54) is 0 Å². The van der Waals surface area contributed by atoms with Gasteiger partial charge in [0.25, 0.3) is 0 Å². The molecule has 0 radical (unpaired) electrons. The molecule has 6 atom stereocenters. The Bertz CT molecular complexity index is 423. The van der Waals surface area contributed by atoms with Gasteiger partial charge in [-0.2, -0.15) is 0 Å². The number of alkyl halides is 3. The average Bonchev–Trinajstić information content (AvgIpc) is 2.36. The third-order valence-corrected chi connectivity index (χ3v) is 8.14. The minimum absolute atomic E-state index is 0.00354. The fourth-order valence-electron chi connectivity index (χ4n) is 4.65. The summed E-state index contributed by atoms with van der Waals surface area (Å²) in [7, 11) is 0. The number of carbonyl (C=O) groups excluding carboxylic acids is 1. The van der Waals surface area contributed by atoms with Crippen LogP contribution in [0.25, 0.3) is 0 Å². The van der Waals surface area contributed by atoms with Crippen molar-refractivity contribution >= 4 is 45.4 Å². The van der Waals surface area contributed by atoms with E-state index in [0.717, 1.165) is 24.7 Å². The first-order chi connectivity index (χ1) is 9.16. The molecule has 0 aromatic rings. The van der Waals surface area contributed by atoms with Crippen LogP contribution in [0.15, 0.2) is 12.2 Å². The van der Waals surface area contributed by atoms with E-state index in [9.17, 15) is 4.79 Å². The highest BCUT2D eigenvalue weighted by atomic mass is 79.9. The van der Waals surface area contributed by atoms with Crippen molar-refractivity contribution in [2.75, 3.05) is 0 Å². The Morgan fingerprint density at radius 1 is 1.40 bits per heavy atom. The Hall–Kier alpha value is 0.470. The van der Waals surface area contributed by atoms with Crippen LogP contribution in [0.1, 0.15) is 40.0 Å². The van der Waals surface area contributed by atoms with Crippen molar-refractivity contribution in [2.24, 2.45) is 22.7 Å². The number of fused-ring (bicyclic) bond motifs is 1. The van der Waals surface area contributed by atoms with Gasteiger partial charge in [-0.05, 0) is 35.5 Å². The second kappa shape index (κ2) is 5.59. The maximum absolute atomic E-state index is 11.1. The number of rotatable bonds is 2. The summed E-state index contributed by atoms with van der Waals surface area (Å²) < 4.78 is 0. The molecule has 1 nitrogen and oxygen atoms in total. The Morgan fingerprint density at radius 3 is 2.55 bits per heavy atom. The fraction of sp³-hybridized carbons (Fsp3) is 0.812. The highest BCUT2D eigenvalue weighted by Crippen LogP contribution is 2.64. The first kappa shape index (κ1) is 16.8. The summed E-state index contributed by atoms with van der Waals surface area (Å²) in [4.78, 5) is 11.4. The van der Waals surface area contributed by atoms with Crippen LogP contribution in [0.2, 0.25) is 0 Å². The molecule has 0 aromatic carbocycles. The van der Waals surface area contributed by atoms with Crippen molar-refractivity contribution in [3.05, 3.63) is 12.2 Å². The van der Waals surface area contributed by atoms with Crippen molar-refractivity contribution in [1.29, 1.82) is 0 Å². The molecular weight excluding hydrogens is 359 g/mol. The van der Waals surface area contributed by atoms with E-state index in [0.29, 0.717) is 12.3 Å².